The van der Waals surface area contributed by atoms with Crippen molar-refractivity contribution in [3.05, 3.63) is 66.7 Å². The molecule has 8 heteroatoms. The molecule has 1 N–H and O–H groups in total. The number of amides is 1. The van der Waals surface area contributed by atoms with E-state index in [0.29, 0.717) is 23.7 Å². The van der Waals surface area contributed by atoms with Crippen LogP contribution < -0.4 is 14.4 Å². The fourth-order valence-corrected chi connectivity index (χ4v) is 4.93. The summed E-state index contributed by atoms with van der Waals surface area (Å²) in [4.78, 5) is 12.8. The number of benzene rings is 3. The molecule has 33 heavy (non-hydrogen) atoms. The Hall–Kier alpha value is -3.52. The number of hydrogen-bond acceptors (Lipinski definition) is 4. The van der Waals surface area contributed by atoms with Gasteiger partial charge in [-0.1, -0.05) is 18.2 Å². The predicted octanol–water partition coefficient (Wildman–Crippen LogP) is 4.62. The summed E-state index contributed by atoms with van der Waals surface area (Å²) >= 11 is 0. The predicted molar refractivity (Wildman–Crippen MR) is 134 cm³/mol. The lowest BCUT2D eigenvalue weighted by Gasteiger charge is -2.22. The monoisotopic (exact) mass is 465 g/mol. The van der Waals surface area contributed by atoms with Crippen molar-refractivity contribution in [3.63, 3.8) is 0 Å². The third kappa shape index (κ3) is 4.66. The van der Waals surface area contributed by atoms with Gasteiger partial charge in [-0.25, -0.2) is 8.42 Å². The largest absolute Gasteiger partial charge is 0.494 e. The van der Waals surface area contributed by atoms with E-state index in [2.05, 4.69) is 28.9 Å². The minimum atomic E-state index is -3.67. The molecule has 1 amide bonds. The van der Waals surface area contributed by atoms with Gasteiger partial charge in [-0.05, 0) is 62.4 Å². The van der Waals surface area contributed by atoms with Crippen LogP contribution in [0.2, 0.25) is 0 Å². The van der Waals surface area contributed by atoms with Crippen molar-refractivity contribution in [2.24, 2.45) is 0 Å². The zero-order valence-corrected chi connectivity index (χ0v) is 19.7. The molecule has 1 heterocycles. The Kier molecular flexibility index (Phi) is 6.29. The number of anilines is 2. The first-order valence-electron chi connectivity index (χ1n) is 10.8. The number of rotatable bonds is 8. The molecule has 7 nitrogen and oxygen atoms in total. The highest BCUT2D eigenvalue weighted by Crippen LogP contribution is 2.31. The molecule has 0 aliphatic rings. The molecule has 172 valence electrons. The summed E-state index contributed by atoms with van der Waals surface area (Å²) in [5.74, 6) is 0.214. The Morgan fingerprint density at radius 2 is 1.67 bits per heavy atom. The van der Waals surface area contributed by atoms with Gasteiger partial charge in [-0.2, -0.15) is 0 Å². The summed E-state index contributed by atoms with van der Waals surface area (Å²) in [5, 5.41) is 5.00. The van der Waals surface area contributed by atoms with Crippen molar-refractivity contribution in [3.8, 4) is 5.75 Å². The zero-order valence-electron chi connectivity index (χ0n) is 18.9. The van der Waals surface area contributed by atoms with Crippen LogP contribution in [0.25, 0.3) is 21.8 Å². The van der Waals surface area contributed by atoms with Gasteiger partial charge >= 0.3 is 0 Å². The van der Waals surface area contributed by atoms with Crippen LogP contribution in [-0.4, -0.2) is 38.3 Å². The Morgan fingerprint density at radius 1 is 0.970 bits per heavy atom. The summed E-state index contributed by atoms with van der Waals surface area (Å²) in [6, 6.07) is 20.5. The van der Waals surface area contributed by atoms with Gasteiger partial charge in [0.2, 0.25) is 15.9 Å². The highest BCUT2D eigenvalue weighted by molar-refractivity contribution is 7.92. The molecule has 0 aliphatic heterocycles. The second-order valence-electron chi connectivity index (χ2n) is 7.74. The molecule has 0 atom stereocenters. The quantitative estimate of drug-likeness (QED) is 0.412. The van der Waals surface area contributed by atoms with Crippen LogP contribution in [0.1, 0.15) is 13.8 Å². The number of fused-ring (bicyclic) bond motifs is 3. The maximum Gasteiger partial charge on any atom is 0.245 e. The summed E-state index contributed by atoms with van der Waals surface area (Å²) in [7, 11) is -3.67. The van der Waals surface area contributed by atoms with E-state index in [4.69, 9.17) is 4.74 Å². The molecule has 0 saturated carbocycles. The fraction of sp³-hybridized carbons (Fsp3) is 0.240. The van der Waals surface area contributed by atoms with Gasteiger partial charge in [0.1, 0.15) is 12.3 Å². The maximum absolute atomic E-state index is 12.8. The number of sulfonamides is 1. The number of carbonyl (C=O) groups is 1. The van der Waals surface area contributed by atoms with Crippen molar-refractivity contribution in [2.75, 3.05) is 29.0 Å². The maximum atomic E-state index is 12.8. The van der Waals surface area contributed by atoms with E-state index in [-0.39, 0.29) is 6.54 Å². The second kappa shape index (κ2) is 9.15. The first kappa shape index (κ1) is 22.7. The molecule has 1 aromatic heterocycles. The van der Waals surface area contributed by atoms with Crippen LogP contribution in [0.4, 0.5) is 11.4 Å². The van der Waals surface area contributed by atoms with E-state index in [0.717, 1.165) is 38.9 Å². The molecule has 4 rings (SSSR count). The lowest BCUT2D eigenvalue weighted by Crippen LogP contribution is -2.37. The van der Waals surface area contributed by atoms with Gasteiger partial charge < -0.3 is 14.6 Å². The average Bonchev–Trinajstić information content (AvgIpc) is 3.11. The number of nitrogens with one attached hydrogen (secondary N) is 1. The Balaban J connectivity index is 1.59. The van der Waals surface area contributed by atoms with Crippen LogP contribution in [-0.2, 0) is 21.4 Å². The first-order chi connectivity index (χ1) is 15.8. The number of nitrogens with zero attached hydrogens (tertiary/aromatic N) is 2. The van der Waals surface area contributed by atoms with Crippen molar-refractivity contribution >= 4 is 49.1 Å². The smallest absolute Gasteiger partial charge is 0.245 e. The van der Waals surface area contributed by atoms with E-state index in [1.165, 1.54) is 0 Å². The van der Waals surface area contributed by atoms with Crippen LogP contribution in [0.5, 0.6) is 5.75 Å². The molecule has 4 aromatic rings. The first-order valence-corrected chi connectivity index (χ1v) is 12.7. The molecular formula is C25H27N3O4S. The highest BCUT2D eigenvalue weighted by atomic mass is 32.2. The summed E-state index contributed by atoms with van der Waals surface area (Å²) in [5.41, 5.74) is 3.24. The van der Waals surface area contributed by atoms with Crippen molar-refractivity contribution in [1.82, 2.24) is 4.57 Å². The zero-order chi connectivity index (χ0) is 23.6. The molecule has 0 aliphatic carbocycles. The molecule has 0 saturated heterocycles. The Bertz CT molecular complexity index is 1410. The van der Waals surface area contributed by atoms with Gasteiger partial charge in [0.15, 0.2) is 0 Å². The standard InChI is InChI=1S/C25H27N3O4S/c1-4-27-23-9-7-6-8-21(23)22-16-18(10-15-24(22)27)26-25(29)17-28(33(3,30)31)19-11-13-20(14-12-19)32-5-2/h6-16H,4-5,17H2,1-3H3,(H,26,29). The lowest BCUT2D eigenvalue weighted by atomic mass is 10.1. The van der Waals surface area contributed by atoms with Crippen LogP contribution in [0.15, 0.2) is 66.7 Å². The van der Waals surface area contributed by atoms with Crippen molar-refractivity contribution in [1.29, 1.82) is 0 Å². The van der Waals surface area contributed by atoms with Gasteiger partial charge in [0, 0.05) is 34.0 Å². The van der Waals surface area contributed by atoms with E-state index >= 15 is 0 Å². The number of aryl methyl sites for hydroxylation is 1. The highest BCUT2D eigenvalue weighted by Gasteiger charge is 2.21. The average molecular weight is 466 g/mol. The molecule has 3 aromatic carbocycles. The molecule has 0 fully saturated rings. The molecule has 0 bridgehead atoms. The molecule has 0 unspecified atom stereocenters. The SMILES string of the molecule is CCOc1ccc(N(CC(=O)Nc2ccc3c(c2)c2ccccc2n3CC)S(C)(=O)=O)cc1. The lowest BCUT2D eigenvalue weighted by molar-refractivity contribution is -0.114. The van der Waals surface area contributed by atoms with E-state index in [1.807, 2.05) is 37.3 Å². The second-order valence-corrected chi connectivity index (χ2v) is 9.64. The van der Waals surface area contributed by atoms with Crippen molar-refractivity contribution < 1.29 is 17.9 Å². The number of ether oxygens (including phenoxy) is 1. The number of para-hydroxylation sites is 1. The molecular weight excluding hydrogens is 438 g/mol. The number of aromatic nitrogens is 1. The minimum absolute atomic E-state index is 0.332. The number of hydrogen-bond donors (Lipinski definition) is 1. The molecule has 0 radical (unpaired) electrons. The Morgan fingerprint density at radius 3 is 2.33 bits per heavy atom. The Labute approximate surface area is 193 Å². The van der Waals surface area contributed by atoms with E-state index in [1.54, 1.807) is 24.3 Å². The number of carbonyl (C=O) groups excluding carboxylic acids is 1. The normalized spacial score (nSPS) is 11.6. The van der Waals surface area contributed by atoms with E-state index < -0.39 is 15.9 Å². The third-order valence-electron chi connectivity index (χ3n) is 5.50. The van der Waals surface area contributed by atoms with Gasteiger partial charge in [0.25, 0.3) is 0 Å². The van der Waals surface area contributed by atoms with Gasteiger partial charge in [0.05, 0.1) is 18.6 Å². The molecule has 0 spiro atoms. The third-order valence-corrected chi connectivity index (χ3v) is 6.64. The van der Waals surface area contributed by atoms with Crippen LogP contribution in [0.3, 0.4) is 0 Å². The topological polar surface area (TPSA) is 80.6 Å². The minimum Gasteiger partial charge on any atom is -0.494 e. The van der Waals surface area contributed by atoms with E-state index in [9.17, 15) is 13.2 Å². The van der Waals surface area contributed by atoms with Gasteiger partial charge in [-0.3, -0.25) is 9.10 Å². The van der Waals surface area contributed by atoms with Crippen molar-refractivity contribution in [2.45, 2.75) is 20.4 Å². The van der Waals surface area contributed by atoms with Crippen LogP contribution in [0, 0.1) is 0 Å². The van der Waals surface area contributed by atoms with Gasteiger partial charge in [-0.15, -0.1) is 0 Å². The van der Waals surface area contributed by atoms with Crippen LogP contribution >= 0.6 is 0 Å². The summed E-state index contributed by atoms with van der Waals surface area (Å²) in [6.07, 6.45) is 1.09. The summed E-state index contributed by atoms with van der Waals surface area (Å²) < 4.78 is 33.5. The fourth-order valence-electron chi connectivity index (χ4n) is 4.08. The summed E-state index contributed by atoms with van der Waals surface area (Å²) in [6.45, 7) is 4.99.